The molecule has 4 rings (SSSR count). The van der Waals surface area contributed by atoms with Gasteiger partial charge in [0.25, 0.3) is 5.91 Å². The molecule has 0 radical (unpaired) electrons. The molecule has 9 heteroatoms. The van der Waals surface area contributed by atoms with Crippen LogP contribution in [-0.2, 0) is 11.4 Å². The van der Waals surface area contributed by atoms with Crippen LogP contribution in [0.15, 0.2) is 76.6 Å². The third-order valence-corrected chi connectivity index (χ3v) is 5.96. The maximum atomic E-state index is 12.4. The summed E-state index contributed by atoms with van der Waals surface area (Å²) in [5.41, 5.74) is 2.03. The Balaban J connectivity index is 1.50. The Kier molecular flexibility index (Phi) is 7.20. The summed E-state index contributed by atoms with van der Waals surface area (Å²) in [6, 6.07) is 19.1. The van der Waals surface area contributed by atoms with Gasteiger partial charge in [-0.2, -0.15) is 0 Å². The van der Waals surface area contributed by atoms with Crippen LogP contribution in [0.25, 0.3) is 6.08 Å². The highest BCUT2D eigenvalue weighted by Gasteiger charge is 2.24. The van der Waals surface area contributed by atoms with Crippen LogP contribution in [-0.4, -0.2) is 29.3 Å². The van der Waals surface area contributed by atoms with E-state index in [4.69, 9.17) is 21.1 Å². The number of nitrogens with zero attached hydrogens (tertiary/aromatic N) is 1. The molecular formula is C25H19ClN2O5S. The second-order valence-electron chi connectivity index (χ2n) is 7.13. The zero-order valence-corrected chi connectivity index (χ0v) is 19.5. The molecule has 3 aromatic carbocycles. The van der Waals surface area contributed by atoms with Crippen molar-refractivity contribution in [3.8, 4) is 11.5 Å². The van der Waals surface area contributed by atoms with E-state index >= 15 is 0 Å². The fourth-order valence-corrected chi connectivity index (χ4v) is 4.09. The molecule has 1 saturated heterocycles. The Morgan fingerprint density at radius 3 is 2.62 bits per heavy atom. The standard InChI is InChI=1S/C25H19ClN2O5S/c1-32-21-12-16(8-11-20(21)33-14-15-6-9-17(26)10-7-15)13-22-23(29)28-25(34-22)27-19-5-3-2-4-18(19)24(30)31/h2-13H,14H2,1H3,(H,30,31)(H,27,28,29)/b22-13-. The molecule has 0 aromatic heterocycles. The molecule has 0 bridgehead atoms. The summed E-state index contributed by atoms with van der Waals surface area (Å²) in [7, 11) is 1.54. The lowest BCUT2D eigenvalue weighted by Gasteiger charge is -2.11. The Morgan fingerprint density at radius 2 is 1.88 bits per heavy atom. The number of hydrogen-bond donors (Lipinski definition) is 2. The smallest absolute Gasteiger partial charge is 0.337 e. The molecule has 1 aliphatic rings. The number of nitrogens with one attached hydrogen (secondary N) is 1. The van der Waals surface area contributed by atoms with E-state index in [-0.39, 0.29) is 17.2 Å². The van der Waals surface area contributed by atoms with Crippen molar-refractivity contribution in [3.63, 3.8) is 0 Å². The predicted octanol–water partition coefficient (Wildman–Crippen LogP) is 5.52. The van der Waals surface area contributed by atoms with E-state index in [1.54, 1.807) is 55.7 Å². The molecule has 0 unspecified atom stereocenters. The van der Waals surface area contributed by atoms with Crippen LogP contribution in [0.1, 0.15) is 21.5 Å². The van der Waals surface area contributed by atoms with Gasteiger partial charge in [0.15, 0.2) is 16.7 Å². The molecular weight excluding hydrogens is 476 g/mol. The molecule has 0 aliphatic carbocycles. The highest BCUT2D eigenvalue weighted by molar-refractivity contribution is 8.18. The van der Waals surface area contributed by atoms with Crippen molar-refractivity contribution in [2.75, 3.05) is 7.11 Å². The van der Waals surface area contributed by atoms with Crippen LogP contribution in [0.3, 0.4) is 0 Å². The van der Waals surface area contributed by atoms with Crippen LogP contribution in [0.5, 0.6) is 11.5 Å². The Morgan fingerprint density at radius 1 is 1.12 bits per heavy atom. The fourth-order valence-electron chi connectivity index (χ4n) is 3.13. The largest absolute Gasteiger partial charge is 0.493 e. The Labute approximate surface area is 205 Å². The zero-order chi connectivity index (χ0) is 24.1. The quantitative estimate of drug-likeness (QED) is 0.420. The van der Waals surface area contributed by atoms with Crippen molar-refractivity contribution in [1.82, 2.24) is 5.32 Å². The first-order valence-corrected chi connectivity index (χ1v) is 11.3. The van der Waals surface area contributed by atoms with Gasteiger partial charge in [-0.3, -0.25) is 4.79 Å². The van der Waals surface area contributed by atoms with Gasteiger partial charge in [-0.1, -0.05) is 41.9 Å². The minimum absolute atomic E-state index is 0.0567. The van der Waals surface area contributed by atoms with E-state index in [1.165, 1.54) is 6.07 Å². The number of halogens is 1. The highest BCUT2D eigenvalue weighted by Crippen LogP contribution is 2.33. The molecule has 1 fully saturated rings. The Bertz CT molecular complexity index is 1300. The monoisotopic (exact) mass is 494 g/mol. The van der Waals surface area contributed by atoms with E-state index in [0.717, 1.165) is 22.9 Å². The third-order valence-electron chi connectivity index (χ3n) is 4.80. The number of aliphatic imine (C=N–C) groups is 1. The van der Waals surface area contributed by atoms with Gasteiger partial charge in [0, 0.05) is 5.02 Å². The van der Waals surface area contributed by atoms with Crippen LogP contribution in [0, 0.1) is 0 Å². The number of carboxylic acid groups (broad SMARTS) is 1. The number of aromatic carboxylic acids is 1. The van der Waals surface area contributed by atoms with Crippen molar-refractivity contribution in [2.45, 2.75) is 6.61 Å². The van der Waals surface area contributed by atoms with Crippen molar-refractivity contribution in [2.24, 2.45) is 4.99 Å². The van der Waals surface area contributed by atoms with Crippen molar-refractivity contribution in [1.29, 1.82) is 0 Å². The van der Waals surface area contributed by atoms with Crippen molar-refractivity contribution < 1.29 is 24.2 Å². The number of benzene rings is 3. The summed E-state index contributed by atoms with van der Waals surface area (Å²) < 4.78 is 11.3. The number of carbonyl (C=O) groups is 2. The van der Waals surface area contributed by atoms with Gasteiger partial charge in [0.05, 0.1) is 23.3 Å². The lowest BCUT2D eigenvalue weighted by Crippen LogP contribution is -2.19. The van der Waals surface area contributed by atoms with Crippen molar-refractivity contribution >= 4 is 52.2 Å². The molecule has 0 spiro atoms. The SMILES string of the molecule is COc1cc(/C=C2\SC(=Nc3ccccc3C(=O)O)NC2=O)ccc1OCc1ccc(Cl)cc1. The summed E-state index contributed by atoms with van der Waals surface area (Å²) in [5.74, 6) is -0.319. The number of ether oxygens (including phenoxy) is 2. The fraction of sp³-hybridized carbons (Fsp3) is 0.0800. The minimum atomic E-state index is -1.09. The van der Waals surface area contributed by atoms with Crippen LogP contribution in [0.4, 0.5) is 5.69 Å². The normalized spacial score (nSPS) is 15.4. The molecule has 1 amide bonds. The predicted molar refractivity (Wildman–Crippen MR) is 133 cm³/mol. The summed E-state index contributed by atoms with van der Waals surface area (Å²) in [4.78, 5) is 28.6. The average Bonchev–Trinajstić information content (AvgIpc) is 3.17. The number of carbonyl (C=O) groups excluding carboxylic acids is 1. The maximum absolute atomic E-state index is 12.4. The molecule has 172 valence electrons. The number of methoxy groups -OCH3 is 1. The lowest BCUT2D eigenvalue weighted by molar-refractivity contribution is -0.115. The third kappa shape index (κ3) is 5.59. The van der Waals surface area contributed by atoms with E-state index < -0.39 is 5.97 Å². The van der Waals surface area contributed by atoms with Crippen molar-refractivity contribution in [3.05, 3.63) is 93.3 Å². The number of para-hydroxylation sites is 1. The van der Waals surface area contributed by atoms with E-state index in [1.807, 2.05) is 18.2 Å². The molecule has 0 atom stereocenters. The number of thioether (sulfide) groups is 1. The van der Waals surface area contributed by atoms with E-state index in [2.05, 4.69) is 10.3 Å². The summed E-state index contributed by atoms with van der Waals surface area (Å²) >= 11 is 7.05. The molecule has 7 nitrogen and oxygen atoms in total. The van der Waals surface area contributed by atoms with E-state index in [9.17, 15) is 14.7 Å². The van der Waals surface area contributed by atoms with Gasteiger partial charge < -0.3 is 19.9 Å². The molecule has 34 heavy (non-hydrogen) atoms. The second-order valence-corrected chi connectivity index (χ2v) is 8.60. The first-order valence-electron chi connectivity index (χ1n) is 10.1. The van der Waals surface area contributed by atoms with Crippen LogP contribution >= 0.6 is 23.4 Å². The topological polar surface area (TPSA) is 97.2 Å². The summed E-state index contributed by atoms with van der Waals surface area (Å²) in [6.07, 6.45) is 1.71. The van der Waals surface area contributed by atoms with Crippen LogP contribution < -0.4 is 14.8 Å². The summed E-state index contributed by atoms with van der Waals surface area (Å²) in [6.45, 7) is 0.351. The lowest BCUT2D eigenvalue weighted by atomic mass is 10.2. The van der Waals surface area contributed by atoms with Gasteiger partial charge in [-0.15, -0.1) is 0 Å². The number of amidine groups is 1. The first kappa shape index (κ1) is 23.4. The average molecular weight is 495 g/mol. The number of rotatable bonds is 7. The molecule has 1 aliphatic heterocycles. The van der Waals surface area contributed by atoms with E-state index in [0.29, 0.717) is 33.2 Å². The molecule has 2 N–H and O–H groups in total. The maximum Gasteiger partial charge on any atom is 0.337 e. The van der Waals surface area contributed by atoms with Gasteiger partial charge in [0.2, 0.25) is 0 Å². The molecule has 0 saturated carbocycles. The highest BCUT2D eigenvalue weighted by atomic mass is 35.5. The number of hydrogen-bond acceptors (Lipinski definition) is 6. The molecule has 3 aromatic rings. The number of amides is 1. The minimum Gasteiger partial charge on any atom is -0.493 e. The first-order chi connectivity index (χ1) is 16.4. The van der Waals surface area contributed by atoms with Gasteiger partial charge in [-0.05, 0) is 65.4 Å². The van der Waals surface area contributed by atoms with Gasteiger partial charge >= 0.3 is 5.97 Å². The second kappa shape index (κ2) is 10.5. The van der Waals surface area contributed by atoms with Gasteiger partial charge in [0.1, 0.15) is 6.61 Å². The molecule has 1 heterocycles. The number of carboxylic acids is 1. The Hall–Kier alpha value is -3.75. The van der Waals surface area contributed by atoms with Gasteiger partial charge in [-0.25, -0.2) is 9.79 Å². The summed E-state index contributed by atoms with van der Waals surface area (Å²) in [5, 5.41) is 13.0. The van der Waals surface area contributed by atoms with Crippen LogP contribution in [0.2, 0.25) is 5.02 Å². The zero-order valence-electron chi connectivity index (χ0n) is 17.9.